The van der Waals surface area contributed by atoms with Gasteiger partial charge in [0.15, 0.2) is 11.0 Å². The molecule has 1 aromatic heterocycles. The van der Waals surface area contributed by atoms with Crippen molar-refractivity contribution in [2.24, 2.45) is 0 Å². The molecule has 2 aromatic rings. The standard InChI is InChI=1S/C14H19Cl2N2.HI/c1-4-6-7-18-10(3)17(5-2)13-8-11(15)12(16)9-14(13)18;/h8-9H,4-7H2,1-3H3;1H/q+1;/p-1. The van der Waals surface area contributed by atoms with Gasteiger partial charge in [-0.25, -0.2) is 9.13 Å². The van der Waals surface area contributed by atoms with E-state index < -0.39 is 0 Å². The number of hydrogen-bond acceptors (Lipinski definition) is 0. The number of imidazole rings is 1. The Hall–Kier alpha value is -0.000000000000000111. The Labute approximate surface area is 141 Å². The largest absolute Gasteiger partial charge is 1.00 e. The van der Waals surface area contributed by atoms with Crippen molar-refractivity contribution < 1.29 is 28.5 Å². The lowest BCUT2D eigenvalue weighted by Gasteiger charge is -1.99. The number of fused-ring (bicyclic) bond motifs is 1. The second kappa shape index (κ2) is 7.14. The highest BCUT2D eigenvalue weighted by molar-refractivity contribution is 6.42. The van der Waals surface area contributed by atoms with Crippen LogP contribution in [0.1, 0.15) is 32.5 Å². The molecule has 0 fully saturated rings. The summed E-state index contributed by atoms with van der Waals surface area (Å²) in [6.07, 6.45) is 2.36. The van der Waals surface area contributed by atoms with E-state index >= 15 is 0 Å². The topological polar surface area (TPSA) is 8.81 Å². The first-order chi connectivity index (χ1) is 8.60. The molecule has 106 valence electrons. The van der Waals surface area contributed by atoms with Gasteiger partial charge in [0.25, 0.3) is 5.82 Å². The van der Waals surface area contributed by atoms with E-state index in [2.05, 4.69) is 29.9 Å². The predicted octanol–water partition coefficient (Wildman–Crippen LogP) is 1.37. The second-order valence-corrected chi connectivity index (χ2v) is 5.37. The average molecular weight is 413 g/mol. The fourth-order valence-electron chi connectivity index (χ4n) is 2.45. The fraction of sp³-hybridized carbons (Fsp3) is 0.500. The summed E-state index contributed by atoms with van der Waals surface area (Å²) in [5, 5.41) is 1.25. The molecule has 0 atom stereocenters. The number of hydrogen-bond donors (Lipinski definition) is 0. The molecule has 0 saturated carbocycles. The summed E-state index contributed by atoms with van der Waals surface area (Å²) in [4.78, 5) is 0. The Morgan fingerprint density at radius 3 is 2.37 bits per heavy atom. The van der Waals surface area contributed by atoms with E-state index in [1.807, 2.05) is 12.1 Å². The van der Waals surface area contributed by atoms with Gasteiger partial charge >= 0.3 is 0 Å². The molecule has 1 heterocycles. The molecule has 5 heteroatoms. The van der Waals surface area contributed by atoms with Crippen LogP contribution in [0.25, 0.3) is 11.0 Å². The van der Waals surface area contributed by atoms with Gasteiger partial charge in [0.2, 0.25) is 0 Å². The van der Waals surface area contributed by atoms with Crippen LogP contribution in [-0.4, -0.2) is 4.57 Å². The molecular formula is C14H19Cl2IN2. The number of halogens is 3. The summed E-state index contributed by atoms with van der Waals surface area (Å²) in [6, 6.07) is 3.95. The summed E-state index contributed by atoms with van der Waals surface area (Å²) < 4.78 is 4.62. The van der Waals surface area contributed by atoms with Gasteiger partial charge in [-0.1, -0.05) is 36.5 Å². The van der Waals surface area contributed by atoms with Crippen molar-refractivity contribution in [1.29, 1.82) is 0 Å². The SMILES string of the molecule is CCCC[n+]1c(C)n(CC)c2cc(Cl)c(Cl)cc21.[I-]. The normalized spacial score (nSPS) is 10.8. The van der Waals surface area contributed by atoms with Crippen molar-refractivity contribution in [3.05, 3.63) is 28.0 Å². The molecule has 2 nitrogen and oxygen atoms in total. The van der Waals surface area contributed by atoms with Gasteiger partial charge in [-0.2, -0.15) is 0 Å². The highest BCUT2D eigenvalue weighted by Gasteiger charge is 2.21. The summed E-state index contributed by atoms with van der Waals surface area (Å²) in [7, 11) is 0. The Bertz CT molecular complexity index is 579. The Morgan fingerprint density at radius 2 is 1.79 bits per heavy atom. The van der Waals surface area contributed by atoms with E-state index in [1.165, 1.54) is 29.7 Å². The predicted molar refractivity (Wildman–Crippen MR) is 77.5 cm³/mol. The molecule has 0 unspecified atom stereocenters. The maximum atomic E-state index is 6.14. The van der Waals surface area contributed by atoms with E-state index in [1.54, 1.807) is 0 Å². The lowest BCUT2D eigenvalue weighted by Crippen LogP contribution is -3.00. The van der Waals surface area contributed by atoms with Crippen LogP contribution < -0.4 is 28.5 Å². The van der Waals surface area contributed by atoms with E-state index in [0.29, 0.717) is 10.0 Å². The maximum absolute atomic E-state index is 6.14. The van der Waals surface area contributed by atoms with Crippen molar-refractivity contribution in [2.45, 2.75) is 46.7 Å². The minimum Gasteiger partial charge on any atom is -1.00 e. The molecule has 0 aliphatic heterocycles. The molecule has 0 bridgehead atoms. The average Bonchev–Trinajstić information content (AvgIpc) is 2.59. The quantitative estimate of drug-likeness (QED) is 0.529. The minimum absolute atomic E-state index is 0. The monoisotopic (exact) mass is 412 g/mol. The third kappa shape index (κ3) is 3.19. The van der Waals surface area contributed by atoms with Gasteiger partial charge < -0.3 is 24.0 Å². The van der Waals surface area contributed by atoms with Crippen LogP contribution in [0.4, 0.5) is 0 Å². The zero-order valence-corrected chi connectivity index (χ0v) is 15.2. The van der Waals surface area contributed by atoms with Crippen LogP contribution in [0.2, 0.25) is 10.0 Å². The number of nitrogens with zero attached hydrogens (tertiary/aromatic N) is 2. The number of benzene rings is 1. The van der Waals surface area contributed by atoms with Gasteiger partial charge in [-0.3, -0.25) is 0 Å². The van der Waals surface area contributed by atoms with Crippen molar-refractivity contribution in [2.75, 3.05) is 0 Å². The molecule has 0 aliphatic carbocycles. The van der Waals surface area contributed by atoms with Crippen molar-refractivity contribution >= 4 is 34.2 Å². The first-order valence-corrected chi connectivity index (χ1v) is 7.23. The molecule has 0 saturated heterocycles. The third-order valence-corrected chi connectivity index (χ3v) is 4.15. The zero-order valence-electron chi connectivity index (χ0n) is 11.5. The van der Waals surface area contributed by atoms with Gasteiger partial charge in [-0.15, -0.1) is 0 Å². The van der Waals surface area contributed by atoms with E-state index in [9.17, 15) is 0 Å². The van der Waals surface area contributed by atoms with E-state index in [-0.39, 0.29) is 24.0 Å². The molecule has 0 spiro atoms. The van der Waals surface area contributed by atoms with E-state index in [4.69, 9.17) is 23.2 Å². The Kier molecular flexibility index (Phi) is 6.40. The second-order valence-electron chi connectivity index (χ2n) is 4.55. The summed E-state index contributed by atoms with van der Waals surface area (Å²) in [5.41, 5.74) is 2.35. The van der Waals surface area contributed by atoms with Crippen LogP contribution >= 0.6 is 23.2 Å². The van der Waals surface area contributed by atoms with E-state index in [0.717, 1.165) is 13.1 Å². The molecule has 1 aromatic carbocycles. The molecule has 0 radical (unpaired) electrons. The summed E-state index contributed by atoms with van der Waals surface area (Å²) in [5.74, 6) is 1.26. The lowest BCUT2D eigenvalue weighted by atomic mass is 10.3. The van der Waals surface area contributed by atoms with Crippen LogP contribution in [0.3, 0.4) is 0 Å². The van der Waals surface area contributed by atoms with Gasteiger partial charge in [-0.05, 0) is 13.3 Å². The Balaban J connectivity index is 0.00000180. The van der Waals surface area contributed by atoms with Crippen LogP contribution in [0.15, 0.2) is 12.1 Å². The molecule has 2 rings (SSSR count). The zero-order chi connectivity index (χ0) is 13.3. The van der Waals surface area contributed by atoms with Crippen molar-refractivity contribution in [3.8, 4) is 0 Å². The highest BCUT2D eigenvalue weighted by atomic mass is 127. The summed E-state index contributed by atoms with van der Waals surface area (Å²) >= 11 is 12.3. The highest BCUT2D eigenvalue weighted by Crippen LogP contribution is 2.27. The maximum Gasteiger partial charge on any atom is 0.254 e. The molecule has 19 heavy (non-hydrogen) atoms. The number of aromatic nitrogens is 2. The first kappa shape index (κ1) is 17.1. The van der Waals surface area contributed by atoms with Crippen molar-refractivity contribution in [1.82, 2.24) is 4.57 Å². The third-order valence-electron chi connectivity index (χ3n) is 3.43. The molecular weight excluding hydrogens is 394 g/mol. The number of rotatable bonds is 4. The van der Waals surface area contributed by atoms with Gasteiger partial charge in [0.05, 0.1) is 23.1 Å². The van der Waals surface area contributed by atoms with Crippen LogP contribution in [0.5, 0.6) is 0 Å². The van der Waals surface area contributed by atoms with Crippen molar-refractivity contribution in [3.63, 3.8) is 0 Å². The molecule has 0 aliphatic rings. The fourth-order valence-corrected chi connectivity index (χ4v) is 2.77. The van der Waals surface area contributed by atoms with Gasteiger partial charge in [0, 0.05) is 19.1 Å². The lowest BCUT2D eigenvalue weighted by molar-refractivity contribution is -0.678. The van der Waals surface area contributed by atoms with Gasteiger partial charge in [0.1, 0.15) is 0 Å². The van der Waals surface area contributed by atoms with Crippen LogP contribution in [0, 0.1) is 6.92 Å². The molecule has 0 amide bonds. The number of unbranched alkanes of at least 4 members (excludes halogenated alkanes) is 1. The Morgan fingerprint density at radius 1 is 1.16 bits per heavy atom. The first-order valence-electron chi connectivity index (χ1n) is 6.47. The number of aryl methyl sites for hydroxylation is 2. The minimum atomic E-state index is 0. The van der Waals surface area contributed by atoms with Crippen LogP contribution in [-0.2, 0) is 13.1 Å². The molecule has 0 N–H and O–H groups in total. The smallest absolute Gasteiger partial charge is 0.254 e. The summed E-state index contributed by atoms with van der Waals surface area (Å²) in [6.45, 7) is 8.49.